The zero-order valence-electron chi connectivity index (χ0n) is 8.79. The summed E-state index contributed by atoms with van der Waals surface area (Å²) in [6, 6.07) is 2.75. The lowest BCUT2D eigenvalue weighted by Gasteiger charge is -2.13. The van der Waals surface area contributed by atoms with Crippen molar-refractivity contribution in [2.45, 2.75) is 18.8 Å². The molecule has 0 fully saturated rings. The van der Waals surface area contributed by atoms with E-state index in [1.807, 2.05) is 0 Å². The summed E-state index contributed by atoms with van der Waals surface area (Å²) in [6.07, 6.45) is -9.99. The molecule has 102 valence electrons. The van der Waals surface area contributed by atoms with Crippen molar-refractivity contribution in [3.8, 4) is 0 Å². The van der Waals surface area contributed by atoms with E-state index < -0.39 is 30.9 Å². The third-order valence-electron chi connectivity index (χ3n) is 2.02. The van der Waals surface area contributed by atoms with E-state index in [1.165, 1.54) is 0 Å². The van der Waals surface area contributed by atoms with Crippen LogP contribution in [0.4, 0.5) is 32.0 Å². The van der Waals surface area contributed by atoms with Crippen molar-refractivity contribution in [3.63, 3.8) is 0 Å². The van der Waals surface area contributed by atoms with E-state index in [0.29, 0.717) is 0 Å². The standard InChI is InChI=1S/C10H8BrF6N/c11-7-2-1-6(10(15,16)17)5-8(7)18-4-3-9(12,13)14/h1-2,5,18H,3-4H2. The summed E-state index contributed by atoms with van der Waals surface area (Å²) >= 11 is 2.97. The van der Waals surface area contributed by atoms with Gasteiger partial charge in [0.05, 0.1) is 12.0 Å². The smallest absolute Gasteiger partial charge is 0.384 e. The first-order valence-corrected chi connectivity index (χ1v) is 5.56. The van der Waals surface area contributed by atoms with Gasteiger partial charge in [-0.05, 0) is 34.1 Å². The molecule has 1 nitrogen and oxygen atoms in total. The Bertz CT molecular complexity index is 412. The van der Waals surface area contributed by atoms with Gasteiger partial charge in [0.2, 0.25) is 0 Å². The first kappa shape index (κ1) is 15.1. The monoisotopic (exact) mass is 335 g/mol. The lowest BCUT2D eigenvalue weighted by molar-refractivity contribution is -0.137. The molecule has 0 saturated carbocycles. The van der Waals surface area contributed by atoms with Crippen LogP contribution >= 0.6 is 15.9 Å². The lowest BCUT2D eigenvalue weighted by Crippen LogP contribution is -2.15. The van der Waals surface area contributed by atoms with Crippen LogP contribution in [-0.4, -0.2) is 12.7 Å². The van der Waals surface area contributed by atoms with Gasteiger partial charge in [-0.2, -0.15) is 26.3 Å². The predicted octanol–water partition coefficient (Wildman–Crippen LogP) is 4.83. The molecule has 0 aliphatic heterocycles. The van der Waals surface area contributed by atoms with Gasteiger partial charge >= 0.3 is 12.4 Å². The van der Waals surface area contributed by atoms with E-state index >= 15 is 0 Å². The van der Waals surface area contributed by atoms with Gasteiger partial charge in [0, 0.05) is 16.7 Å². The minimum Gasteiger partial charge on any atom is -0.384 e. The molecule has 0 atom stereocenters. The molecule has 0 radical (unpaired) electrons. The van der Waals surface area contributed by atoms with Crippen molar-refractivity contribution < 1.29 is 26.3 Å². The summed E-state index contributed by atoms with van der Waals surface area (Å²) < 4.78 is 73.1. The van der Waals surface area contributed by atoms with Crippen molar-refractivity contribution in [1.29, 1.82) is 0 Å². The van der Waals surface area contributed by atoms with Gasteiger partial charge in [-0.1, -0.05) is 0 Å². The predicted molar refractivity (Wildman–Crippen MR) is 58.3 cm³/mol. The van der Waals surface area contributed by atoms with E-state index in [9.17, 15) is 26.3 Å². The Morgan fingerprint density at radius 2 is 1.67 bits per heavy atom. The SMILES string of the molecule is FC(F)(F)CCNc1cc(C(F)(F)F)ccc1Br. The minimum absolute atomic E-state index is 0.0194. The second-order valence-electron chi connectivity index (χ2n) is 3.48. The quantitative estimate of drug-likeness (QED) is 0.780. The Labute approximate surface area is 107 Å². The van der Waals surface area contributed by atoms with Gasteiger partial charge in [0.1, 0.15) is 0 Å². The van der Waals surface area contributed by atoms with Crippen LogP contribution in [0.2, 0.25) is 0 Å². The van der Waals surface area contributed by atoms with Crippen molar-refractivity contribution in [2.75, 3.05) is 11.9 Å². The summed E-state index contributed by atoms with van der Waals surface area (Å²) in [5.41, 5.74) is -0.936. The number of nitrogens with one attached hydrogen (secondary N) is 1. The number of hydrogen-bond donors (Lipinski definition) is 1. The second kappa shape index (κ2) is 5.38. The highest BCUT2D eigenvalue weighted by atomic mass is 79.9. The molecule has 8 heteroatoms. The molecule has 1 aromatic carbocycles. The van der Waals surface area contributed by atoms with Gasteiger partial charge in [-0.15, -0.1) is 0 Å². The summed E-state index contributed by atoms with van der Waals surface area (Å²) in [5, 5.41) is 2.32. The number of halogens is 7. The number of benzene rings is 1. The van der Waals surface area contributed by atoms with Crippen molar-refractivity contribution >= 4 is 21.6 Å². The van der Waals surface area contributed by atoms with Crippen molar-refractivity contribution in [1.82, 2.24) is 0 Å². The fourth-order valence-electron chi connectivity index (χ4n) is 1.18. The number of hydrogen-bond acceptors (Lipinski definition) is 1. The highest BCUT2D eigenvalue weighted by molar-refractivity contribution is 9.10. The minimum atomic E-state index is -4.53. The van der Waals surface area contributed by atoms with E-state index in [4.69, 9.17) is 0 Å². The van der Waals surface area contributed by atoms with Crippen molar-refractivity contribution in [2.24, 2.45) is 0 Å². The molecule has 18 heavy (non-hydrogen) atoms. The molecule has 0 aromatic heterocycles. The van der Waals surface area contributed by atoms with E-state index in [-0.39, 0.29) is 10.2 Å². The number of rotatable bonds is 3. The van der Waals surface area contributed by atoms with Crippen LogP contribution in [0, 0.1) is 0 Å². The van der Waals surface area contributed by atoms with Crippen LogP contribution in [0.25, 0.3) is 0 Å². The van der Waals surface area contributed by atoms with Crippen LogP contribution in [-0.2, 0) is 6.18 Å². The highest BCUT2D eigenvalue weighted by Crippen LogP contribution is 2.34. The van der Waals surface area contributed by atoms with Gasteiger partial charge in [0.25, 0.3) is 0 Å². The van der Waals surface area contributed by atoms with E-state index in [0.717, 1.165) is 18.2 Å². The number of alkyl halides is 6. The molecule has 1 aromatic rings. The van der Waals surface area contributed by atoms with Gasteiger partial charge in [-0.3, -0.25) is 0 Å². The molecule has 0 aliphatic carbocycles. The summed E-state index contributed by atoms with van der Waals surface area (Å²) in [7, 11) is 0. The third-order valence-corrected chi connectivity index (χ3v) is 2.71. The number of anilines is 1. The molecule has 0 bridgehead atoms. The maximum Gasteiger partial charge on any atom is 0.416 e. The van der Waals surface area contributed by atoms with Gasteiger partial charge < -0.3 is 5.32 Å². The average molecular weight is 336 g/mol. The second-order valence-corrected chi connectivity index (χ2v) is 4.34. The fourth-order valence-corrected chi connectivity index (χ4v) is 1.56. The zero-order chi connectivity index (χ0) is 14.0. The highest BCUT2D eigenvalue weighted by Gasteiger charge is 2.31. The van der Waals surface area contributed by atoms with E-state index in [1.54, 1.807) is 0 Å². The molecular weight excluding hydrogens is 328 g/mol. The van der Waals surface area contributed by atoms with Crippen molar-refractivity contribution in [3.05, 3.63) is 28.2 Å². The van der Waals surface area contributed by atoms with Crippen LogP contribution in [0.3, 0.4) is 0 Å². The molecule has 0 spiro atoms. The van der Waals surface area contributed by atoms with Crippen LogP contribution in [0.1, 0.15) is 12.0 Å². The van der Waals surface area contributed by atoms with Crippen LogP contribution in [0.15, 0.2) is 22.7 Å². The fraction of sp³-hybridized carbons (Fsp3) is 0.400. The molecule has 1 rings (SSSR count). The molecule has 0 amide bonds. The molecular formula is C10H8BrF6N. The average Bonchev–Trinajstić information content (AvgIpc) is 2.17. The van der Waals surface area contributed by atoms with Crippen LogP contribution < -0.4 is 5.32 Å². The topological polar surface area (TPSA) is 12.0 Å². The first-order valence-electron chi connectivity index (χ1n) is 4.77. The molecule has 0 saturated heterocycles. The Kier molecular flexibility index (Phi) is 4.52. The van der Waals surface area contributed by atoms with Crippen LogP contribution in [0.5, 0.6) is 0 Å². The maximum atomic E-state index is 12.4. The molecule has 0 unspecified atom stereocenters. The third kappa shape index (κ3) is 4.75. The normalized spacial score (nSPS) is 12.6. The summed E-state index contributed by atoms with van der Waals surface area (Å²) in [6.45, 7) is -0.483. The maximum absolute atomic E-state index is 12.4. The first-order chi connectivity index (χ1) is 8.09. The molecule has 1 N–H and O–H groups in total. The lowest BCUT2D eigenvalue weighted by atomic mass is 10.2. The largest absolute Gasteiger partial charge is 0.416 e. The Hall–Kier alpha value is -0.920. The molecule has 0 heterocycles. The molecule has 0 aliphatic rings. The van der Waals surface area contributed by atoms with Gasteiger partial charge in [0.15, 0.2) is 0 Å². The Balaban J connectivity index is 2.76. The Morgan fingerprint density at radius 3 is 2.17 bits per heavy atom. The summed E-state index contributed by atoms with van der Waals surface area (Å²) in [4.78, 5) is 0. The Morgan fingerprint density at radius 1 is 1.06 bits per heavy atom. The van der Waals surface area contributed by atoms with Gasteiger partial charge in [-0.25, -0.2) is 0 Å². The summed E-state index contributed by atoms with van der Waals surface area (Å²) in [5.74, 6) is 0. The zero-order valence-corrected chi connectivity index (χ0v) is 10.4. The van der Waals surface area contributed by atoms with E-state index in [2.05, 4.69) is 21.2 Å².